The molecule has 2 aromatic rings. The molecule has 0 radical (unpaired) electrons. The van der Waals surface area contributed by atoms with Gasteiger partial charge in [0.05, 0.1) is 6.04 Å². The molecule has 0 saturated heterocycles. The first-order valence-electron chi connectivity index (χ1n) is 9.86. The van der Waals surface area contributed by atoms with Crippen molar-refractivity contribution in [2.24, 2.45) is 11.3 Å². The van der Waals surface area contributed by atoms with Gasteiger partial charge in [0.15, 0.2) is 0 Å². The molecule has 2 N–H and O–H groups in total. The summed E-state index contributed by atoms with van der Waals surface area (Å²) in [7, 11) is 0. The van der Waals surface area contributed by atoms with E-state index in [1.165, 1.54) is 5.56 Å². The summed E-state index contributed by atoms with van der Waals surface area (Å²) in [4.78, 5) is 25.6. The van der Waals surface area contributed by atoms with Crippen LogP contribution >= 0.6 is 11.3 Å². The summed E-state index contributed by atoms with van der Waals surface area (Å²) in [6, 6.07) is 12.4. The number of thiophene rings is 1. The molecular formula is C23H32N2O2S. The second-order valence-corrected chi connectivity index (χ2v) is 9.59. The number of rotatable bonds is 8. The maximum atomic E-state index is 12.5. The van der Waals surface area contributed by atoms with Gasteiger partial charge in [-0.1, -0.05) is 65.0 Å². The molecule has 2 amide bonds. The van der Waals surface area contributed by atoms with Crippen molar-refractivity contribution >= 4 is 23.2 Å². The molecule has 1 aromatic heterocycles. The van der Waals surface area contributed by atoms with Crippen LogP contribution in [-0.2, 0) is 16.0 Å². The smallest absolute Gasteiger partial charge is 0.225 e. The summed E-state index contributed by atoms with van der Waals surface area (Å²) in [6.07, 6.45) is 1.30. The van der Waals surface area contributed by atoms with Crippen molar-refractivity contribution < 1.29 is 9.59 Å². The van der Waals surface area contributed by atoms with Gasteiger partial charge in [-0.3, -0.25) is 9.59 Å². The van der Waals surface area contributed by atoms with Gasteiger partial charge in [0.1, 0.15) is 0 Å². The Balaban J connectivity index is 2.02. The van der Waals surface area contributed by atoms with Crippen LogP contribution in [0.3, 0.4) is 0 Å². The van der Waals surface area contributed by atoms with Gasteiger partial charge in [-0.25, -0.2) is 0 Å². The Bertz CT molecular complexity index is 759. The Kier molecular flexibility index (Phi) is 7.81. The summed E-state index contributed by atoms with van der Waals surface area (Å²) in [5.41, 5.74) is 1.93. The molecule has 1 aromatic carbocycles. The molecule has 0 saturated carbocycles. The number of carbonyl (C=O) groups excluding carboxylic acids is 2. The molecule has 0 fully saturated rings. The molecule has 1 heterocycles. The fourth-order valence-electron chi connectivity index (χ4n) is 2.88. The molecule has 0 bridgehead atoms. The summed E-state index contributed by atoms with van der Waals surface area (Å²) in [5.74, 6) is 0.497. The molecule has 4 nitrogen and oxygen atoms in total. The zero-order valence-corrected chi connectivity index (χ0v) is 18.4. The van der Waals surface area contributed by atoms with Gasteiger partial charge in [-0.2, -0.15) is 0 Å². The molecule has 0 aliphatic heterocycles. The highest BCUT2D eigenvalue weighted by Gasteiger charge is 2.21. The average Bonchev–Trinajstić information content (AvgIpc) is 3.13. The quantitative estimate of drug-likeness (QED) is 0.674. The second-order valence-electron chi connectivity index (χ2n) is 8.61. The number of nitrogens with one attached hydrogen (secondary N) is 2. The molecule has 28 heavy (non-hydrogen) atoms. The van der Waals surface area contributed by atoms with Crippen molar-refractivity contribution in [3.05, 3.63) is 57.8 Å². The molecule has 0 aliphatic carbocycles. The van der Waals surface area contributed by atoms with E-state index in [2.05, 4.69) is 48.7 Å². The number of hydrogen-bond acceptors (Lipinski definition) is 3. The first-order chi connectivity index (χ1) is 13.2. The van der Waals surface area contributed by atoms with E-state index in [4.69, 9.17) is 0 Å². The Morgan fingerprint density at radius 1 is 1.07 bits per heavy atom. The van der Waals surface area contributed by atoms with Crippen molar-refractivity contribution in [1.82, 2.24) is 10.6 Å². The van der Waals surface area contributed by atoms with Gasteiger partial charge >= 0.3 is 0 Å². The van der Waals surface area contributed by atoms with Gasteiger partial charge in [0, 0.05) is 23.3 Å². The SMILES string of the molecule is CC(C)Cc1ccc(C(NC(=O)CCNC(=O)C(C)(C)C)c2cccs2)cc1. The lowest BCUT2D eigenvalue weighted by atomic mass is 9.96. The predicted molar refractivity (Wildman–Crippen MR) is 116 cm³/mol. The minimum Gasteiger partial charge on any atom is -0.355 e. The van der Waals surface area contributed by atoms with Crippen LogP contribution in [0.15, 0.2) is 41.8 Å². The summed E-state index contributed by atoms with van der Waals surface area (Å²) >= 11 is 1.63. The first-order valence-corrected chi connectivity index (χ1v) is 10.7. The monoisotopic (exact) mass is 400 g/mol. The Hall–Kier alpha value is -2.14. The summed E-state index contributed by atoms with van der Waals surface area (Å²) in [5, 5.41) is 7.98. The highest BCUT2D eigenvalue weighted by Crippen LogP contribution is 2.27. The fraction of sp³-hybridized carbons (Fsp3) is 0.478. The van der Waals surface area contributed by atoms with Crippen LogP contribution in [0.1, 0.15) is 63.1 Å². The minimum absolute atomic E-state index is 0.0455. The lowest BCUT2D eigenvalue weighted by molar-refractivity contribution is -0.128. The van der Waals surface area contributed by atoms with Crippen molar-refractivity contribution in [3.8, 4) is 0 Å². The van der Waals surface area contributed by atoms with Crippen LogP contribution in [0.2, 0.25) is 0 Å². The standard InChI is InChI=1S/C23H32N2O2S/c1-16(2)15-17-8-10-18(11-9-17)21(19-7-6-14-28-19)25-20(26)12-13-24-22(27)23(3,4)5/h6-11,14,16,21H,12-13,15H2,1-5H3,(H,24,27)(H,25,26). The van der Waals surface area contributed by atoms with Crippen LogP contribution in [-0.4, -0.2) is 18.4 Å². The van der Waals surface area contributed by atoms with Crippen LogP contribution in [0.5, 0.6) is 0 Å². The van der Waals surface area contributed by atoms with Crippen LogP contribution in [0, 0.1) is 11.3 Å². The van der Waals surface area contributed by atoms with E-state index in [0.29, 0.717) is 12.5 Å². The van der Waals surface area contributed by atoms with E-state index in [9.17, 15) is 9.59 Å². The lowest BCUT2D eigenvalue weighted by Gasteiger charge is -2.20. The first kappa shape index (κ1) is 22.2. The maximum absolute atomic E-state index is 12.5. The fourth-order valence-corrected chi connectivity index (χ4v) is 3.68. The average molecular weight is 401 g/mol. The molecule has 0 aliphatic rings. The number of carbonyl (C=O) groups is 2. The van der Waals surface area contributed by atoms with Crippen molar-refractivity contribution in [3.63, 3.8) is 0 Å². The van der Waals surface area contributed by atoms with Gasteiger partial charge < -0.3 is 10.6 Å². The lowest BCUT2D eigenvalue weighted by Crippen LogP contribution is -2.38. The third-order valence-corrected chi connectivity index (χ3v) is 5.35. The van der Waals surface area contributed by atoms with E-state index in [1.54, 1.807) is 11.3 Å². The molecular weight excluding hydrogens is 368 g/mol. The Morgan fingerprint density at radius 3 is 2.29 bits per heavy atom. The number of benzene rings is 1. The molecule has 1 atom stereocenters. The molecule has 2 rings (SSSR count). The topological polar surface area (TPSA) is 58.2 Å². The zero-order valence-electron chi connectivity index (χ0n) is 17.5. The van der Waals surface area contributed by atoms with E-state index >= 15 is 0 Å². The highest BCUT2D eigenvalue weighted by molar-refractivity contribution is 7.10. The third kappa shape index (κ3) is 6.79. The van der Waals surface area contributed by atoms with E-state index < -0.39 is 5.41 Å². The molecule has 0 spiro atoms. The largest absolute Gasteiger partial charge is 0.355 e. The third-order valence-electron chi connectivity index (χ3n) is 4.41. The van der Waals surface area contributed by atoms with Crippen LogP contribution in [0.4, 0.5) is 0 Å². The highest BCUT2D eigenvalue weighted by atomic mass is 32.1. The van der Waals surface area contributed by atoms with Crippen molar-refractivity contribution in [1.29, 1.82) is 0 Å². The Morgan fingerprint density at radius 2 is 1.75 bits per heavy atom. The van der Waals surface area contributed by atoms with Crippen molar-refractivity contribution in [2.45, 2.75) is 53.5 Å². The Labute approximate surface area is 172 Å². The van der Waals surface area contributed by atoms with Crippen LogP contribution in [0.25, 0.3) is 0 Å². The normalized spacial score (nSPS) is 12.6. The zero-order chi connectivity index (χ0) is 20.7. The summed E-state index contributed by atoms with van der Waals surface area (Å²) in [6.45, 7) is 10.3. The van der Waals surface area contributed by atoms with Crippen LogP contribution < -0.4 is 10.6 Å². The minimum atomic E-state index is -0.451. The van der Waals surface area contributed by atoms with Crippen molar-refractivity contribution in [2.75, 3.05) is 6.54 Å². The maximum Gasteiger partial charge on any atom is 0.225 e. The molecule has 152 valence electrons. The predicted octanol–water partition coefficient (Wildman–Crippen LogP) is 4.70. The van der Waals surface area contributed by atoms with E-state index in [1.807, 2.05) is 38.3 Å². The van der Waals surface area contributed by atoms with E-state index in [-0.39, 0.29) is 24.3 Å². The summed E-state index contributed by atoms with van der Waals surface area (Å²) < 4.78 is 0. The van der Waals surface area contributed by atoms with Gasteiger partial charge in [0.2, 0.25) is 11.8 Å². The second kappa shape index (κ2) is 9.87. The number of amides is 2. The molecule has 5 heteroatoms. The van der Waals surface area contributed by atoms with Gasteiger partial charge in [0.25, 0.3) is 0 Å². The van der Waals surface area contributed by atoms with Gasteiger partial charge in [-0.05, 0) is 34.9 Å². The van der Waals surface area contributed by atoms with E-state index in [0.717, 1.165) is 16.9 Å². The molecule has 1 unspecified atom stereocenters. The van der Waals surface area contributed by atoms with Gasteiger partial charge in [-0.15, -0.1) is 11.3 Å². The number of hydrogen-bond donors (Lipinski definition) is 2.